The van der Waals surface area contributed by atoms with Gasteiger partial charge in [-0.3, -0.25) is 15.0 Å². The van der Waals surface area contributed by atoms with E-state index in [9.17, 15) is 4.79 Å². The number of carbonyl (C=O) groups is 1. The van der Waals surface area contributed by atoms with Crippen LogP contribution in [0.15, 0.2) is 0 Å². The predicted molar refractivity (Wildman–Crippen MR) is 36.2 cm³/mol. The topological polar surface area (TPSA) is 34.4 Å². The second-order valence-corrected chi connectivity index (χ2v) is 2.20. The minimum absolute atomic E-state index is 0.0694. The smallest absolute Gasteiger partial charge is 0.257 e. The van der Waals surface area contributed by atoms with Gasteiger partial charge in [0.15, 0.2) is 0 Å². The van der Waals surface area contributed by atoms with Crippen molar-refractivity contribution in [1.29, 1.82) is 0 Å². The first-order chi connectivity index (χ1) is 4.09. The minimum atomic E-state index is -0.0880. The van der Waals surface area contributed by atoms with Crippen molar-refractivity contribution >= 4 is 5.91 Å². The van der Waals surface area contributed by atoms with Crippen molar-refractivity contribution in [2.24, 2.45) is 0 Å². The van der Waals surface area contributed by atoms with Crippen LogP contribution in [0.2, 0.25) is 0 Å². The molecule has 0 spiro atoms. The third-order valence-corrected chi connectivity index (χ3v) is 1.35. The van der Waals surface area contributed by atoms with Gasteiger partial charge >= 0.3 is 0 Å². The van der Waals surface area contributed by atoms with E-state index < -0.39 is 0 Å². The SMILES string of the molecule is C[N]C(=O)C(C)N(C)C. The van der Waals surface area contributed by atoms with Crippen LogP contribution in [-0.4, -0.2) is 38.0 Å². The molecule has 9 heavy (non-hydrogen) atoms. The van der Waals surface area contributed by atoms with Gasteiger partial charge < -0.3 is 0 Å². The molecule has 1 unspecified atom stereocenters. The summed E-state index contributed by atoms with van der Waals surface area (Å²) in [7, 11) is 5.23. The first-order valence-electron chi connectivity index (χ1n) is 2.89. The maximum absolute atomic E-state index is 10.7. The van der Waals surface area contributed by atoms with Gasteiger partial charge in [0, 0.05) is 7.05 Å². The molecule has 0 fully saturated rings. The molecule has 0 aliphatic rings. The lowest BCUT2D eigenvalue weighted by Gasteiger charge is -2.15. The van der Waals surface area contributed by atoms with E-state index in [2.05, 4.69) is 5.32 Å². The first-order valence-corrected chi connectivity index (χ1v) is 2.89. The minimum Gasteiger partial charge on any atom is -0.298 e. The molecule has 0 heterocycles. The van der Waals surface area contributed by atoms with Crippen molar-refractivity contribution in [2.75, 3.05) is 21.1 Å². The summed E-state index contributed by atoms with van der Waals surface area (Å²) in [5, 5.41) is 3.53. The number of nitrogens with zero attached hydrogens (tertiary/aromatic N) is 2. The van der Waals surface area contributed by atoms with Gasteiger partial charge in [-0.1, -0.05) is 0 Å². The van der Waals surface area contributed by atoms with Crippen LogP contribution in [0, 0.1) is 0 Å². The zero-order valence-corrected chi connectivity index (χ0v) is 6.38. The van der Waals surface area contributed by atoms with Crippen molar-refractivity contribution < 1.29 is 4.79 Å². The van der Waals surface area contributed by atoms with Gasteiger partial charge in [-0.25, -0.2) is 0 Å². The highest BCUT2D eigenvalue weighted by atomic mass is 16.2. The van der Waals surface area contributed by atoms with Crippen molar-refractivity contribution in [3.8, 4) is 0 Å². The zero-order valence-electron chi connectivity index (χ0n) is 6.38. The lowest BCUT2D eigenvalue weighted by atomic mass is 10.3. The third-order valence-electron chi connectivity index (χ3n) is 1.35. The molecule has 1 atom stereocenters. The highest BCUT2D eigenvalue weighted by Crippen LogP contribution is 1.89. The molecule has 1 amide bonds. The van der Waals surface area contributed by atoms with Gasteiger partial charge in [0.2, 0.25) is 0 Å². The van der Waals surface area contributed by atoms with E-state index in [4.69, 9.17) is 0 Å². The Morgan fingerprint density at radius 2 is 2.00 bits per heavy atom. The Labute approximate surface area is 56.0 Å². The van der Waals surface area contributed by atoms with Crippen LogP contribution < -0.4 is 5.32 Å². The zero-order chi connectivity index (χ0) is 7.44. The van der Waals surface area contributed by atoms with E-state index in [1.54, 1.807) is 0 Å². The van der Waals surface area contributed by atoms with Gasteiger partial charge in [0.05, 0.1) is 6.04 Å². The second-order valence-electron chi connectivity index (χ2n) is 2.20. The summed E-state index contributed by atoms with van der Waals surface area (Å²) in [6.45, 7) is 1.83. The average Bonchev–Trinajstić information content (AvgIpc) is 1.84. The van der Waals surface area contributed by atoms with E-state index in [0.29, 0.717) is 0 Å². The first kappa shape index (κ1) is 8.43. The van der Waals surface area contributed by atoms with Crippen LogP contribution in [0.25, 0.3) is 0 Å². The molecular weight excluding hydrogens is 116 g/mol. The summed E-state index contributed by atoms with van der Waals surface area (Å²) in [5.74, 6) is -0.0694. The highest BCUT2D eigenvalue weighted by Gasteiger charge is 2.12. The van der Waals surface area contributed by atoms with Gasteiger partial charge in [-0.05, 0) is 21.0 Å². The number of amides is 1. The summed E-state index contributed by atoms with van der Waals surface area (Å²) in [6, 6.07) is -0.0880. The molecule has 0 saturated carbocycles. The largest absolute Gasteiger partial charge is 0.298 e. The summed E-state index contributed by atoms with van der Waals surface area (Å²) in [4.78, 5) is 12.6. The van der Waals surface area contributed by atoms with Crippen molar-refractivity contribution in [3.05, 3.63) is 0 Å². The molecule has 0 bridgehead atoms. The fourth-order valence-electron chi connectivity index (χ4n) is 0.408. The Bertz CT molecular complexity index is 101. The van der Waals surface area contributed by atoms with Crippen molar-refractivity contribution in [2.45, 2.75) is 13.0 Å². The summed E-state index contributed by atoms with van der Waals surface area (Å²) in [5.41, 5.74) is 0. The van der Waals surface area contributed by atoms with Crippen LogP contribution >= 0.6 is 0 Å². The Hall–Kier alpha value is -0.570. The number of rotatable bonds is 2. The fraction of sp³-hybridized carbons (Fsp3) is 0.833. The lowest BCUT2D eigenvalue weighted by Crippen LogP contribution is -2.36. The van der Waals surface area contributed by atoms with Crippen LogP contribution in [0.3, 0.4) is 0 Å². The lowest BCUT2D eigenvalue weighted by molar-refractivity contribution is -0.124. The Morgan fingerprint density at radius 3 is 2.11 bits per heavy atom. The molecule has 0 aromatic carbocycles. The normalized spacial score (nSPS) is 13.4. The standard InChI is InChI=1S/C6H13N2O/c1-5(8(3)4)6(9)7-2/h5H,1-4H3. The Morgan fingerprint density at radius 1 is 1.56 bits per heavy atom. The Kier molecular flexibility index (Phi) is 3.24. The molecule has 0 aromatic heterocycles. The monoisotopic (exact) mass is 129 g/mol. The van der Waals surface area contributed by atoms with E-state index >= 15 is 0 Å². The molecular formula is C6H13N2O. The van der Waals surface area contributed by atoms with Crippen LogP contribution in [0.4, 0.5) is 0 Å². The number of likely N-dealkylation sites (N-methyl/N-ethyl adjacent to an activating group) is 2. The van der Waals surface area contributed by atoms with E-state index in [1.807, 2.05) is 25.9 Å². The molecule has 0 aromatic rings. The third kappa shape index (κ3) is 2.46. The van der Waals surface area contributed by atoms with Crippen molar-refractivity contribution in [1.82, 2.24) is 10.2 Å². The molecule has 0 rings (SSSR count). The molecule has 0 N–H and O–H groups in total. The summed E-state index contributed by atoms with van der Waals surface area (Å²) < 4.78 is 0. The van der Waals surface area contributed by atoms with Gasteiger partial charge in [0.25, 0.3) is 5.91 Å². The highest BCUT2D eigenvalue weighted by molar-refractivity contribution is 5.80. The van der Waals surface area contributed by atoms with Gasteiger partial charge in [-0.15, -0.1) is 0 Å². The van der Waals surface area contributed by atoms with Crippen LogP contribution in [0.1, 0.15) is 6.92 Å². The number of hydrogen-bond donors (Lipinski definition) is 0. The average molecular weight is 129 g/mol. The molecule has 0 saturated heterocycles. The molecule has 3 nitrogen and oxygen atoms in total. The van der Waals surface area contributed by atoms with E-state index in [0.717, 1.165) is 0 Å². The predicted octanol–water partition coefficient (Wildman–Crippen LogP) is -0.303. The quantitative estimate of drug-likeness (QED) is 0.513. The van der Waals surface area contributed by atoms with Crippen LogP contribution in [0.5, 0.6) is 0 Å². The van der Waals surface area contributed by atoms with E-state index in [-0.39, 0.29) is 11.9 Å². The van der Waals surface area contributed by atoms with Crippen LogP contribution in [-0.2, 0) is 4.79 Å². The summed E-state index contributed by atoms with van der Waals surface area (Å²) in [6.07, 6.45) is 0. The number of hydrogen-bond acceptors (Lipinski definition) is 2. The van der Waals surface area contributed by atoms with E-state index in [1.165, 1.54) is 7.05 Å². The fourth-order valence-corrected chi connectivity index (χ4v) is 0.408. The second kappa shape index (κ2) is 3.45. The molecule has 3 heteroatoms. The molecule has 0 aliphatic carbocycles. The number of carbonyl (C=O) groups excluding carboxylic acids is 1. The van der Waals surface area contributed by atoms with Crippen molar-refractivity contribution in [3.63, 3.8) is 0 Å². The summed E-state index contributed by atoms with van der Waals surface area (Å²) >= 11 is 0. The van der Waals surface area contributed by atoms with Gasteiger partial charge in [0.1, 0.15) is 0 Å². The molecule has 0 aliphatic heterocycles. The molecule has 53 valence electrons. The van der Waals surface area contributed by atoms with Gasteiger partial charge in [-0.2, -0.15) is 0 Å². The maximum Gasteiger partial charge on any atom is 0.257 e. The molecule has 1 radical (unpaired) electrons. The maximum atomic E-state index is 10.7. The Balaban J connectivity index is 3.72.